The monoisotopic (exact) mass is 475 g/mol. The number of hydrogen-bond donors (Lipinski definition) is 1. The van der Waals surface area contributed by atoms with Crippen molar-refractivity contribution in [1.82, 2.24) is 25.1 Å². The second-order valence-corrected chi connectivity index (χ2v) is 8.13. The normalized spacial score (nSPS) is 10.6. The number of ether oxygens (including phenoxy) is 2. The lowest BCUT2D eigenvalue weighted by atomic mass is 10.2. The van der Waals surface area contributed by atoms with Crippen molar-refractivity contribution in [2.45, 2.75) is 18.6 Å². The molecule has 0 saturated carbocycles. The van der Waals surface area contributed by atoms with Crippen molar-refractivity contribution < 1.29 is 14.3 Å². The molecular weight excluding hydrogens is 450 g/mol. The molecule has 0 atom stereocenters. The van der Waals surface area contributed by atoms with E-state index in [9.17, 15) is 4.79 Å². The van der Waals surface area contributed by atoms with Crippen LogP contribution >= 0.6 is 11.8 Å². The van der Waals surface area contributed by atoms with Gasteiger partial charge in [-0.15, -0.1) is 10.2 Å². The SMILES string of the molecule is CCOc1ccc(-n2c(SCC(=O)NCc3ccccn3)nnc2-c2cccc(OC)c2)cc1. The van der Waals surface area contributed by atoms with Gasteiger partial charge < -0.3 is 14.8 Å². The summed E-state index contributed by atoms with van der Waals surface area (Å²) in [6.07, 6.45) is 1.70. The number of aromatic nitrogens is 4. The standard InChI is InChI=1S/C25H25N5O3S/c1-3-33-21-12-10-20(11-13-21)30-24(18-7-6-9-22(15-18)32-2)28-29-25(30)34-17-23(31)27-16-19-8-4-5-14-26-19/h4-15H,3,16-17H2,1-2H3,(H,27,31). The predicted octanol–water partition coefficient (Wildman–Crippen LogP) is 4.15. The molecule has 0 unspecified atom stereocenters. The first-order chi connectivity index (χ1) is 16.7. The molecule has 0 aliphatic heterocycles. The van der Waals surface area contributed by atoms with E-state index in [-0.39, 0.29) is 11.7 Å². The summed E-state index contributed by atoms with van der Waals surface area (Å²) in [4.78, 5) is 16.7. The molecule has 174 valence electrons. The molecule has 4 aromatic rings. The summed E-state index contributed by atoms with van der Waals surface area (Å²) in [6, 6.07) is 20.9. The maximum Gasteiger partial charge on any atom is 0.230 e. The van der Waals surface area contributed by atoms with Gasteiger partial charge in [0, 0.05) is 17.4 Å². The highest BCUT2D eigenvalue weighted by molar-refractivity contribution is 7.99. The van der Waals surface area contributed by atoms with Crippen LogP contribution in [0.4, 0.5) is 0 Å². The Morgan fingerprint density at radius 2 is 1.88 bits per heavy atom. The first-order valence-corrected chi connectivity index (χ1v) is 11.8. The van der Waals surface area contributed by atoms with Crippen LogP contribution in [0.3, 0.4) is 0 Å². The number of carbonyl (C=O) groups excluding carboxylic acids is 1. The fourth-order valence-electron chi connectivity index (χ4n) is 3.28. The molecule has 0 spiro atoms. The van der Waals surface area contributed by atoms with Gasteiger partial charge in [0.25, 0.3) is 0 Å². The molecule has 0 aliphatic carbocycles. The van der Waals surface area contributed by atoms with E-state index >= 15 is 0 Å². The zero-order chi connectivity index (χ0) is 23.8. The molecule has 1 amide bonds. The Kier molecular flexibility index (Phi) is 7.77. The molecule has 2 aromatic heterocycles. The van der Waals surface area contributed by atoms with Crippen molar-refractivity contribution in [3.05, 3.63) is 78.6 Å². The van der Waals surface area contributed by atoms with Gasteiger partial charge in [0.2, 0.25) is 5.91 Å². The number of pyridine rings is 1. The number of nitrogens with zero attached hydrogens (tertiary/aromatic N) is 4. The number of amides is 1. The molecule has 8 nitrogen and oxygen atoms in total. The molecule has 4 rings (SSSR count). The highest BCUT2D eigenvalue weighted by Gasteiger charge is 2.18. The molecule has 34 heavy (non-hydrogen) atoms. The van der Waals surface area contributed by atoms with Crippen LogP contribution in [0.5, 0.6) is 11.5 Å². The summed E-state index contributed by atoms with van der Waals surface area (Å²) >= 11 is 1.32. The van der Waals surface area contributed by atoms with Gasteiger partial charge in [-0.3, -0.25) is 14.3 Å². The van der Waals surface area contributed by atoms with Crippen molar-refractivity contribution >= 4 is 17.7 Å². The topological polar surface area (TPSA) is 91.2 Å². The number of rotatable bonds is 10. The quantitative estimate of drug-likeness (QED) is 0.345. The minimum atomic E-state index is -0.111. The van der Waals surface area contributed by atoms with Crippen molar-refractivity contribution in [2.24, 2.45) is 0 Å². The average molecular weight is 476 g/mol. The zero-order valence-corrected chi connectivity index (χ0v) is 19.8. The Labute approximate surface area is 202 Å². The molecule has 0 bridgehead atoms. The third-order valence-corrected chi connectivity index (χ3v) is 5.82. The van der Waals surface area contributed by atoms with Gasteiger partial charge in [0.15, 0.2) is 11.0 Å². The van der Waals surface area contributed by atoms with E-state index in [1.807, 2.05) is 78.2 Å². The third-order valence-electron chi connectivity index (χ3n) is 4.89. The number of hydrogen-bond acceptors (Lipinski definition) is 7. The van der Waals surface area contributed by atoms with E-state index < -0.39 is 0 Å². The summed E-state index contributed by atoms with van der Waals surface area (Å²) in [5, 5.41) is 12.3. The number of nitrogens with one attached hydrogen (secondary N) is 1. The van der Waals surface area contributed by atoms with E-state index in [1.54, 1.807) is 13.3 Å². The Morgan fingerprint density at radius 1 is 1.03 bits per heavy atom. The molecule has 2 heterocycles. The molecule has 1 N–H and O–H groups in total. The van der Waals surface area contributed by atoms with Crippen LogP contribution in [0, 0.1) is 0 Å². The summed E-state index contributed by atoms with van der Waals surface area (Å²) < 4.78 is 12.9. The van der Waals surface area contributed by atoms with E-state index in [2.05, 4.69) is 20.5 Å². The lowest BCUT2D eigenvalue weighted by molar-refractivity contribution is -0.118. The third kappa shape index (κ3) is 5.74. The van der Waals surface area contributed by atoms with Crippen LogP contribution < -0.4 is 14.8 Å². The molecule has 9 heteroatoms. The fourth-order valence-corrected chi connectivity index (χ4v) is 4.06. The fraction of sp³-hybridized carbons (Fsp3) is 0.200. The number of thioether (sulfide) groups is 1. The molecule has 0 radical (unpaired) electrons. The Bertz CT molecular complexity index is 1230. The average Bonchev–Trinajstić information content (AvgIpc) is 3.31. The highest BCUT2D eigenvalue weighted by atomic mass is 32.2. The largest absolute Gasteiger partial charge is 0.497 e. The van der Waals surface area contributed by atoms with Crippen LogP contribution in [-0.2, 0) is 11.3 Å². The number of benzene rings is 2. The summed E-state index contributed by atoms with van der Waals surface area (Å²) in [7, 11) is 1.63. The van der Waals surface area contributed by atoms with Gasteiger partial charge in [-0.05, 0) is 55.5 Å². The van der Waals surface area contributed by atoms with Crippen molar-refractivity contribution in [3.8, 4) is 28.6 Å². The highest BCUT2D eigenvalue weighted by Crippen LogP contribution is 2.30. The minimum Gasteiger partial charge on any atom is -0.497 e. The molecular formula is C25H25N5O3S. The van der Waals surface area contributed by atoms with Crippen LogP contribution in [0.2, 0.25) is 0 Å². The van der Waals surface area contributed by atoms with Gasteiger partial charge in [-0.1, -0.05) is 30.0 Å². The Morgan fingerprint density at radius 3 is 2.62 bits per heavy atom. The summed E-state index contributed by atoms with van der Waals surface area (Å²) in [5.74, 6) is 2.24. The van der Waals surface area contributed by atoms with E-state index in [1.165, 1.54) is 11.8 Å². The van der Waals surface area contributed by atoms with Gasteiger partial charge in [0.1, 0.15) is 11.5 Å². The maximum atomic E-state index is 12.5. The zero-order valence-electron chi connectivity index (χ0n) is 19.0. The van der Waals surface area contributed by atoms with E-state index in [0.717, 1.165) is 28.4 Å². The Balaban J connectivity index is 1.57. The summed E-state index contributed by atoms with van der Waals surface area (Å²) in [5.41, 5.74) is 2.52. The predicted molar refractivity (Wildman–Crippen MR) is 131 cm³/mol. The first kappa shape index (κ1) is 23.3. The number of methoxy groups -OCH3 is 1. The maximum absolute atomic E-state index is 12.5. The van der Waals surface area contributed by atoms with Gasteiger partial charge in [-0.2, -0.15) is 0 Å². The second-order valence-electron chi connectivity index (χ2n) is 7.19. The lowest BCUT2D eigenvalue weighted by Gasteiger charge is -2.12. The molecule has 0 fully saturated rings. The molecule has 0 saturated heterocycles. The van der Waals surface area contributed by atoms with Gasteiger partial charge >= 0.3 is 0 Å². The van der Waals surface area contributed by atoms with Crippen LogP contribution in [0.1, 0.15) is 12.6 Å². The van der Waals surface area contributed by atoms with E-state index in [4.69, 9.17) is 9.47 Å². The first-order valence-electron chi connectivity index (χ1n) is 10.8. The van der Waals surface area contributed by atoms with Crippen LogP contribution in [0.25, 0.3) is 17.1 Å². The van der Waals surface area contributed by atoms with Crippen molar-refractivity contribution in [2.75, 3.05) is 19.5 Å². The van der Waals surface area contributed by atoms with E-state index in [0.29, 0.717) is 24.1 Å². The Hall–Kier alpha value is -3.85. The molecule has 0 aliphatic rings. The second kappa shape index (κ2) is 11.3. The smallest absolute Gasteiger partial charge is 0.230 e. The number of carbonyl (C=O) groups is 1. The van der Waals surface area contributed by atoms with Crippen molar-refractivity contribution in [3.63, 3.8) is 0 Å². The van der Waals surface area contributed by atoms with Crippen LogP contribution in [-0.4, -0.2) is 45.1 Å². The molecule has 2 aromatic carbocycles. The van der Waals surface area contributed by atoms with Gasteiger partial charge in [-0.25, -0.2) is 0 Å². The lowest BCUT2D eigenvalue weighted by Crippen LogP contribution is -2.25. The minimum absolute atomic E-state index is 0.111. The van der Waals surface area contributed by atoms with Gasteiger partial charge in [0.05, 0.1) is 31.7 Å². The summed E-state index contributed by atoms with van der Waals surface area (Å²) in [6.45, 7) is 2.92. The van der Waals surface area contributed by atoms with Crippen molar-refractivity contribution in [1.29, 1.82) is 0 Å². The van der Waals surface area contributed by atoms with Crippen LogP contribution in [0.15, 0.2) is 78.1 Å².